The van der Waals surface area contributed by atoms with E-state index in [1.54, 1.807) is 7.05 Å². The van der Waals surface area contributed by atoms with Gasteiger partial charge >= 0.3 is 0 Å². The zero-order chi connectivity index (χ0) is 16.6. The minimum absolute atomic E-state index is 0.00812. The maximum atomic E-state index is 12.7. The second kappa shape index (κ2) is 9.10. The molecule has 0 radical (unpaired) electrons. The molecule has 128 valence electrons. The Hall–Kier alpha value is -1.14. The first-order chi connectivity index (χ1) is 10.5. The molecule has 1 aliphatic rings. The van der Waals surface area contributed by atoms with E-state index in [1.807, 2.05) is 18.7 Å². The normalized spacial score (nSPS) is 16.6. The minimum atomic E-state index is -0.410. The largest absolute Gasteiger partial charge is 0.378 e. The number of nitrogens with one attached hydrogen (secondary N) is 1. The highest BCUT2D eigenvalue weighted by atomic mass is 16.5. The van der Waals surface area contributed by atoms with Gasteiger partial charge in [-0.2, -0.15) is 0 Å². The second-order valence-electron chi connectivity index (χ2n) is 5.98. The number of hydrogen-bond donors (Lipinski definition) is 2. The van der Waals surface area contributed by atoms with Gasteiger partial charge in [-0.15, -0.1) is 0 Å². The fourth-order valence-corrected chi connectivity index (χ4v) is 2.93. The first-order valence-electron chi connectivity index (χ1n) is 8.34. The molecule has 0 aliphatic carbocycles. The summed E-state index contributed by atoms with van der Waals surface area (Å²) in [5.74, 6) is 0.176. The van der Waals surface area contributed by atoms with Gasteiger partial charge < -0.3 is 20.7 Å². The van der Waals surface area contributed by atoms with Gasteiger partial charge in [0.15, 0.2) is 0 Å². The third-order valence-corrected chi connectivity index (χ3v) is 4.89. The van der Waals surface area contributed by atoms with E-state index < -0.39 is 5.41 Å². The van der Waals surface area contributed by atoms with E-state index in [2.05, 4.69) is 5.32 Å². The van der Waals surface area contributed by atoms with Crippen molar-refractivity contribution in [1.29, 1.82) is 0 Å². The predicted molar refractivity (Wildman–Crippen MR) is 86.3 cm³/mol. The van der Waals surface area contributed by atoms with Crippen molar-refractivity contribution < 1.29 is 14.3 Å². The van der Waals surface area contributed by atoms with Crippen LogP contribution in [0.15, 0.2) is 0 Å². The molecule has 3 N–H and O–H groups in total. The molecule has 6 nitrogen and oxygen atoms in total. The molecular weight excluding hydrogens is 282 g/mol. The van der Waals surface area contributed by atoms with Crippen LogP contribution in [0.4, 0.5) is 0 Å². The van der Waals surface area contributed by atoms with Crippen LogP contribution in [0.2, 0.25) is 0 Å². The van der Waals surface area contributed by atoms with Crippen molar-refractivity contribution in [2.75, 3.05) is 33.3 Å². The Labute approximate surface area is 133 Å². The number of hydrogen-bond acceptors (Lipinski definition) is 4. The molecule has 1 fully saturated rings. The minimum Gasteiger partial charge on any atom is -0.378 e. The van der Waals surface area contributed by atoms with Crippen molar-refractivity contribution in [3.8, 4) is 0 Å². The molecule has 0 aromatic rings. The molecular formula is C16H31N3O3. The maximum Gasteiger partial charge on any atom is 0.230 e. The molecule has 0 saturated carbocycles. The topological polar surface area (TPSA) is 84.7 Å². The van der Waals surface area contributed by atoms with Gasteiger partial charge in [0.1, 0.15) is 0 Å². The quantitative estimate of drug-likeness (QED) is 0.697. The maximum absolute atomic E-state index is 12.7. The van der Waals surface area contributed by atoms with E-state index >= 15 is 0 Å². The van der Waals surface area contributed by atoms with E-state index in [4.69, 9.17) is 10.5 Å². The molecule has 1 saturated heterocycles. The van der Waals surface area contributed by atoms with Crippen molar-refractivity contribution in [3.05, 3.63) is 0 Å². The molecule has 22 heavy (non-hydrogen) atoms. The summed E-state index contributed by atoms with van der Waals surface area (Å²) in [4.78, 5) is 25.8. The summed E-state index contributed by atoms with van der Waals surface area (Å²) in [6.07, 6.45) is 3.74. The fraction of sp³-hybridized carbons (Fsp3) is 0.875. The Bertz CT molecular complexity index is 353. The van der Waals surface area contributed by atoms with Crippen molar-refractivity contribution in [3.63, 3.8) is 0 Å². The predicted octanol–water partition coefficient (Wildman–Crippen LogP) is 0.895. The fourth-order valence-electron chi connectivity index (χ4n) is 2.93. The average Bonchev–Trinajstić information content (AvgIpc) is 2.57. The van der Waals surface area contributed by atoms with Crippen LogP contribution < -0.4 is 11.1 Å². The Kier molecular flexibility index (Phi) is 7.82. The molecule has 6 heteroatoms. The van der Waals surface area contributed by atoms with Crippen molar-refractivity contribution in [2.24, 2.45) is 11.1 Å². The lowest BCUT2D eigenvalue weighted by atomic mass is 9.80. The zero-order valence-electron chi connectivity index (χ0n) is 14.2. The van der Waals surface area contributed by atoms with Gasteiger partial charge in [-0.1, -0.05) is 13.8 Å². The number of carbonyl (C=O) groups is 2. The number of piperidine rings is 1. The van der Waals surface area contributed by atoms with Crippen molar-refractivity contribution in [1.82, 2.24) is 10.2 Å². The van der Waals surface area contributed by atoms with Crippen LogP contribution in [-0.2, 0) is 14.3 Å². The third kappa shape index (κ3) is 4.68. The molecule has 0 atom stereocenters. The summed E-state index contributed by atoms with van der Waals surface area (Å²) in [5, 5.41) is 2.58. The highest BCUT2D eigenvalue weighted by Gasteiger charge is 2.38. The monoisotopic (exact) mass is 313 g/mol. The molecule has 0 bridgehead atoms. The van der Waals surface area contributed by atoms with Crippen LogP contribution in [0.3, 0.4) is 0 Å². The SMILES string of the molecule is CCC(CC)(CN)C(=O)N1CCC(OCCC(=O)NC)CC1. The first-order valence-corrected chi connectivity index (χ1v) is 8.34. The third-order valence-electron chi connectivity index (χ3n) is 4.89. The van der Waals surface area contributed by atoms with Gasteiger partial charge in [-0.25, -0.2) is 0 Å². The van der Waals surface area contributed by atoms with Gasteiger partial charge in [0.05, 0.1) is 18.1 Å². The van der Waals surface area contributed by atoms with Crippen LogP contribution in [-0.4, -0.2) is 56.1 Å². The number of carbonyl (C=O) groups excluding carboxylic acids is 2. The van der Waals surface area contributed by atoms with Crippen LogP contribution in [0.5, 0.6) is 0 Å². The molecule has 0 spiro atoms. The number of rotatable bonds is 8. The molecule has 0 unspecified atom stereocenters. The van der Waals surface area contributed by atoms with Crippen molar-refractivity contribution in [2.45, 2.75) is 52.1 Å². The summed E-state index contributed by atoms with van der Waals surface area (Å²) in [7, 11) is 1.62. The molecule has 1 rings (SSSR count). The van der Waals surface area contributed by atoms with Crippen LogP contribution in [0, 0.1) is 5.41 Å². The summed E-state index contributed by atoms with van der Waals surface area (Å²) >= 11 is 0. The highest BCUT2D eigenvalue weighted by Crippen LogP contribution is 2.29. The van der Waals surface area contributed by atoms with E-state index in [1.165, 1.54) is 0 Å². The van der Waals surface area contributed by atoms with Crippen LogP contribution in [0.25, 0.3) is 0 Å². The molecule has 0 aromatic heterocycles. The van der Waals surface area contributed by atoms with Gasteiger partial charge in [0.25, 0.3) is 0 Å². The highest BCUT2D eigenvalue weighted by molar-refractivity contribution is 5.83. The second-order valence-corrected chi connectivity index (χ2v) is 5.98. The standard InChI is InChI=1S/C16H31N3O3/c1-4-16(5-2,12-17)15(21)19-9-6-13(7-10-19)22-11-8-14(20)18-3/h13H,4-12,17H2,1-3H3,(H,18,20). The van der Waals surface area contributed by atoms with Crippen molar-refractivity contribution >= 4 is 11.8 Å². The van der Waals surface area contributed by atoms with Crippen LogP contribution >= 0.6 is 0 Å². The number of likely N-dealkylation sites (tertiary alicyclic amines) is 1. The first kappa shape index (κ1) is 18.9. The number of amides is 2. The van der Waals surface area contributed by atoms with Gasteiger partial charge in [0, 0.05) is 33.1 Å². The average molecular weight is 313 g/mol. The molecule has 1 aliphatic heterocycles. The van der Waals surface area contributed by atoms with Crippen LogP contribution in [0.1, 0.15) is 46.0 Å². The smallest absolute Gasteiger partial charge is 0.230 e. The lowest BCUT2D eigenvalue weighted by Crippen LogP contribution is -2.51. The summed E-state index contributed by atoms with van der Waals surface area (Å²) in [5.41, 5.74) is 5.45. The number of nitrogens with zero attached hydrogens (tertiary/aromatic N) is 1. The van der Waals surface area contributed by atoms with E-state index in [0.717, 1.165) is 25.7 Å². The van der Waals surface area contributed by atoms with E-state index in [-0.39, 0.29) is 17.9 Å². The van der Waals surface area contributed by atoms with E-state index in [9.17, 15) is 9.59 Å². The summed E-state index contributed by atoms with van der Waals surface area (Å²) in [6, 6.07) is 0. The zero-order valence-corrected chi connectivity index (χ0v) is 14.2. The summed E-state index contributed by atoms with van der Waals surface area (Å²) < 4.78 is 5.72. The summed E-state index contributed by atoms with van der Waals surface area (Å²) in [6.45, 7) is 6.33. The number of ether oxygens (including phenoxy) is 1. The molecule has 2 amide bonds. The van der Waals surface area contributed by atoms with Gasteiger partial charge in [0.2, 0.25) is 11.8 Å². The Morgan fingerprint density at radius 2 is 1.86 bits per heavy atom. The Balaban J connectivity index is 2.41. The Morgan fingerprint density at radius 3 is 2.32 bits per heavy atom. The van der Waals surface area contributed by atoms with Gasteiger partial charge in [-0.05, 0) is 25.7 Å². The van der Waals surface area contributed by atoms with Gasteiger partial charge in [-0.3, -0.25) is 9.59 Å². The van der Waals surface area contributed by atoms with E-state index in [0.29, 0.717) is 32.7 Å². The lowest BCUT2D eigenvalue weighted by molar-refractivity contribution is -0.144. The Morgan fingerprint density at radius 1 is 1.27 bits per heavy atom. The number of nitrogens with two attached hydrogens (primary N) is 1. The lowest BCUT2D eigenvalue weighted by Gasteiger charge is -2.39. The molecule has 1 heterocycles. The molecule has 0 aromatic carbocycles.